The summed E-state index contributed by atoms with van der Waals surface area (Å²) in [4.78, 5) is 56.5. The summed E-state index contributed by atoms with van der Waals surface area (Å²) in [7, 11) is 0. The van der Waals surface area contributed by atoms with E-state index in [9.17, 15) is 19.2 Å². The zero-order chi connectivity index (χ0) is 26.9. The first-order valence-corrected chi connectivity index (χ1v) is 12.7. The van der Waals surface area contributed by atoms with E-state index in [4.69, 9.17) is 9.57 Å². The number of carbonyl (C=O) groups excluding carboxylic acids is 4. The Kier molecular flexibility index (Phi) is 6.72. The molecule has 0 radical (unpaired) electrons. The van der Waals surface area contributed by atoms with Gasteiger partial charge in [-0.2, -0.15) is 0 Å². The number of hydrogen-bond donors (Lipinski definition) is 1. The molecular weight excluding hydrogens is 484 g/mol. The highest BCUT2D eigenvalue weighted by Crippen LogP contribution is 2.44. The van der Waals surface area contributed by atoms with Crippen molar-refractivity contribution in [2.75, 3.05) is 13.2 Å². The lowest BCUT2D eigenvalue weighted by molar-refractivity contribution is -0.181. The van der Waals surface area contributed by atoms with Gasteiger partial charge in [-0.1, -0.05) is 79.6 Å². The van der Waals surface area contributed by atoms with Crippen LogP contribution >= 0.6 is 0 Å². The molecule has 8 heteroatoms. The van der Waals surface area contributed by atoms with E-state index in [2.05, 4.69) is 17.4 Å². The number of hydrogen-bond acceptors (Lipinski definition) is 6. The van der Waals surface area contributed by atoms with Crippen molar-refractivity contribution >= 4 is 23.9 Å². The molecule has 0 unspecified atom stereocenters. The number of imide groups is 1. The van der Waals surface area contributed by atoms with Crippen LogP contribution in [0.4, 0.5) is 4.79 Å². The number of ether oxygens (including phenoxy) is 1. The second-order valence-corrected chi connectivity index (χ2v) is 9.50. The van der Waals surface area contributed by atoms with Gasteiger partial charge in [-0.3, -0.25) is 9.59 Å². The third-order valence-corrected chi connectivity index (χ3v) is 7.63. The summed E-state index contributed by atoms with van der Waals surface area (Å²) in [5, 5.41) is 3.19. The van der Waals surface area contributed by atoms with Gasteiger partial charge in [-0.25, -0.2) is 9.59 Å². The second kappa shape index (κ2) is 10.1. The number of hydroxylamine groups is 2. The number of alkyl carbamates (subject to hydrolysis) is 1. The Balaban J connectivity index is 1.22. The molecule has 0 spiro atoms. The lowest BCUT2D eigenvalue weighted by Gasteiger charge is -2.30. The van der Waals surface area contributed by atoms with Gasteiger partial charge in [0.15, 0.2) is 0 Å². The number of benzene rings is 3. The van der Waals surface area contributed by atoms with Crippen LogP contribution in [0.2, 0.25) is 0 Å². The van der Waals surface area contributed by atoms with Gasteiger partial charge in [0.2, 0.25) is 0 Å². The highest BCUT2D eigenvalue weighted by atomic mass is 16.7. The Morgan fingerprint density at radius 1 is 0.789 bits per heavy atom. The van der Waals surface area contributed by atoms with Gasteiger partial charge in [0.25, 0.3) is 11.8 Å². The third-order valence-electron chi connectivity index (χ3n) is 7.63. The SMILES string of the molecule is CCC(CC)(CNC(=O)OCC1c2ccccc2-c2ccccc21)C(=O)ON1C(=O)c2ccccc2C1=O. The number of rotatable bonds is 8. The van der Waals surface area contributed by atoms with Crippen LogP contribution in [-0.2, 0) is 14.4 Å². The molecule has 0 aromatic heterocycles. The fraction of sp³-hybridized carbons (Fsp3) is 0.267. The summed E-state index contributed by atoms with van der Waals surface area (Å²) in [6.45, 7) is 3.64. The molecule has 5 rings (SSSR count). The van der Waals surface area contributed by atoms with Crippen molar-refractivity contribution < 1.29 is 28.8 Å². The molecular formula is C30H28N2O6. The lowest BCUT2D eigenvalue weighted by Crippen LogP contribution is -2.46. The number of nitrogens with one attached hydrogen (secondary N) is 1. The molecule has 0 atom stereocenters. The number of carbonyl (C=O) groups is 4. The third kappa shape index (κ3) is 4.22. The standard InChI is InChI=1S/C30H28N2O6/c1-3-30(4-2,28(35)38-32-26(33)23-15-9-10-16-24(23)27(32)34)18-31-29(36)37-17-25-21-13-7-5-11-19(21)20-12-6-8-14-22(20)25/h5-16,25H,3-4,17-18H2,1-2H3,(H,31,36). The van der Waals surface area contributed by atoms with E-state index in [0.29, 0.717) is 17.9 Å². The van der Waals surface area contributed by atoms with Crippen LogP contribution in [0.25, 0.3) is 11.1 Å². The largest absolute Gasteiger partial charge is 0.449 e. The molecule has 1 N–H and O–H groups in total. The van der Waals surface area contributed by atoms with E-state index in [1.807, 2.05) is 36.4 Å². The molecule has 0 saturated carbocycles. The summed E-state index contributed by atoms with van der Waals surface area (Å²) in [6, 6.07) is 22.4. The molecule has 38 heavy (non-hydrogen) atoms. The van der Waals surface area contributed by atoms with Gasteiger partial charge in [-0.05, 0) is 47.2 Å². The predicted octanol–water partition coefficient (Wildman–Crippen LogP) is 5.09. The van der Waals surface area contributed by atoms with Crippen LogP contribution in [0.1, 0.15) is 64.4 Å². The van der Waals surface area contributed by atoms with Crippen LogP contribution in [0.15, 0.2) is 72.8 Å². The van der Waals surface area contributed by atoms with Crippen LogP contribution in [0.5, 0.6) is 0 Å². The molecule has 3 aromatic carbocycles. The van der Waals surface area contributed by atoms with E-state index >= 15 is 0 Å². The van der Waals surface area contributed by atoms with E-state index < -0.39 is 29.3 Å². The van der Waals surface area contributed by atoms with Gasteiger partial charge in [0.05, 0.1) is 16.5 Å². The van der Waals surface area contributed by atoms with E-state index in [0.717, 1.165) is 22.3 Å². The Morgan fingerprint density at radius 2 is 1.26 bits per heavy atom. The van der Waals surface area contributed by atoms with Crippen LogP contribution in [0, 0.1) is 5.41 Å². The Labute approximate surface area is 220 Å². The van der Waals surface area contributed by atoms with Gasteiger partial charge in [0.1, 0.15) is 6.61 Å². The average molecular weight is 513 g/mol. The normalized spacial score (nSPS) is 14.1. The first-order chi connectivity index (χ1) is 18.4. The summed E-state index contributed by atoms with van der Waals surface area (Å²) < 4.78 is 5.59. The summed E-state index contributed by atoms with van der Waals surface area (Å²) in [5.74, 6) is -2.24. The van der Waals surface area contributed by atoms with Crippen molar-refractivity contribution in [3.8, 4) is 11.1 Å². The zero-order valence-electron chi connectivity index (χ0n) is 21.2. The fourth-order valence-electron chi connectivity index (χ4n) is 5.18. The van der Waals surface area contributed by atoms with Gasteiger partial charge in [0, 0.05) is 12.5 Å². The quantitative estimate of drug-likeness (QED) is 0.422. The zero-order valence-corrected chi connectivity index (χ0v) is 21.2. The predicted molar refractivity (Wildman–Crippen MR) is 139 cm³/mol. The number of fused-ring (bicyclic) bond motifs is 4. The average Bonchev–Trinajstić information content (AvgIpc) is 3.40. The Bertz CT molecular complexity index is 1350. The molecule has 1 heterocycles. The summed E-state index contributed by atoms with van der Waals surface area (Å²) >= 11 is 0. The van der Waals surface area contributed by atoms with Crippen LogP contribution < -0.4 is 5.32 Å². The minimum Gasteiger partial charge on any atom is -0.449 e. The second-order valence-electron chi connectivity index (χ2n) is 9.50. The fourth-order valence-corrected chi connectivity index (χ4v) is 5.18. The monoisotopic (exact) mass is 512 g/mol. The van der Waals surface area contributed by atoms with Gasteiger partial charge < -0.3 is 14.9 Å². The Hall–Kier alpha value is -4.46. The molecule has 3 aromatic rings. The van der Waals surface area contributed by atoms with Crippen molar-refractivity contribution in [2.24, 2.45) is 5.41 Å². The van der Waals surface area contributed by atoms with Crippen molar-refractivity contribution in [3.05, 3.63) is 95.1 Å². The van der Waals surface area contributed by atoms with E-state index in [1.165, 1.54) is 12.1 Å². The van der Waals surface area contributed by atoms with E-state index in [1.54, 1.807) is 26.0 Å². The molecule has 2 aliphatic rings. The van der Waals surface area contributed by atoms with Crippen molar-refractivity contribution in [1.82, 2.24) is 10.4 Å². The Morgan fingerprint density at radius 3 is 1.76 bits per heavy atom. The molecule has 1 aliphatic heterocycles. The number of nitrogens with zero attached hydrogens (tertiary/aromatic N) is 1. The van der Waals surface area contributed by atoms with Crippen molar-refractivity contribution in [1.29, 1.82) is 0 Å². The van der Waals surface area contributed by atoms with Crippen molar-refractivity contribution in [3.63, 3.8) is 0 Å². The summed E-state index contributed by atoms with van der Waals surface area (Å²) in [6.07, 6.45) is -0.0312. The van der Waals surface area contributed by atoms with Crippen molar-refractivity contribution in [2.45, 2.75) is 32.6 Å². The van der Waals surface area contributed by atoms with Crippen LogP contribution in [-0.4, -0.2) is 42.1 Å². The highest BCUT2D eigenvalue weighted by Gasteiger charge is 2.44. The molecule has 3 amide bonds. The molecule has 0 saturated heterocycles. The van der Waals surface area contributed by atoms with Gasteiger partial charge >= 0.3 is 12.1 Å². The number of amides is 3. The molecule has 194 valence electrons. The smallest absolute Gasteiger partial charge is 0.407 e. The summed E-state index contributed by atoms with van der Waals surface area (Å²) in [5.41, 5.74) is 3.67. The highest BCUT2D eigenvalue weighted by molar-refractivity contribution is 6.20. The van der Waals surface area contributed by atoms with Gasteiger partial charge in [-0.15, -0.1) is 0 Å². The van der Waals surface area contributed by atoms with E-state index in [-0.39, 0.29) is 30.2 Å². The topological polar surface area (TPSA) is 102 Å². The molecule has 1 aliphatic carbocycles. The lowest BCUT2D eigenvalue weighted by atomic mass is 9.82. The maximum absolute atomic E-state index is 13.2. The first kappa shape index (κ1) is 25.2. The molecule has 0 bridgehead atoms. The first-order valence-electron chi connectivity index (χ1n) is 12.7. The maximum Gasteiger partial charge on any atom is 0.407 e. The minimum atomic E-state index is -1.15. The van der Waals surface area contributed by atoms with Crippen LogP contribution in [0.3, 0.4) is 0 Å². The minimum absolute atomic E-state index is 0.0708. The molecule has 8 nitrogen and oxygen atoms in total. The molecule has 0 fully saturated rings. The maximum atomic E-state index is 13.2.